The number of aliphatic carboxylic acids is 1. The van der Waals surface area contributed by atoms with E-state index in [9.17, 15) is 14.4 Å². The Morgan fingerprint density at radius 2 is 2.11 bits per heavy atom. The average molecular weight is 335 g/mol. The second-order valence-electron chi connectivity index (χ2n) is 3.41. The highest BCUT2D eigenvalue weighted by atomic mass is 79.9. The van der Waals surface area contributed by atoms with Gasteiger partial charge in [-0.25, -0.2) is 0 Å². The van der Waals surface area contributed by atoms with Gasteiger partial charge >= 0.3 is 5.97 Å². The van der Waals surface area contributed by atoms with Gasteiger partial charge in [-0.2, -0.15) is 0 Å². The van der Waals surface area contributed by atoms with Gasteiger partial charge in [0.15, 0.2) is 0 Å². The number of halogens is 1. The van der Waals surface area contributed by atoms with Crippen molar-refractivity contribution >= 4 is 45.1 Å². The molecule has 0 aromatic carbocycles. The molecule has 3 N–H and O–H groups in total. The summed E-state index contributed by atoms with van der Waals surface area (Å²) in [7, 11) is 0. The van der Waals surface area contributed by atoms with Crippen molar-refractivity contribution in [1.82, 2.24) is 10.6 Å². The van der Waals surface area contributed by atoms with E-state index >= 15 is 0 Å². The van der Waals surface area contributed by atoms with Gasteiger partial charge in [0.25, 0.3) is 5.91 Å². The fourth-order valence-electron chi connectivity index (χ4n) is 1.09. The normalized spacial score (nSPS) is 11.7. The molecule has 8 heteroatoms. The van der Waals surface area contributed by atoms with Crippen molar-refractivity contribution in [3.8, 4) is 0 Å². The van der Waals surface area contributed by atoms with Crippen molar-refractivity contribution in [3.05, 3.63) is 20.8 Å². The van der Waals surface area contributed by atoms with Crippen LogP contribution < -0.4 is 10.6 Å². The lowest BCUT2D eigenvalue weighted by molar-refractivity contribution is -0.138. The van der Waals surface area contributed by atoms with Gasteiger partial charge in [0.05, 0.1) is 8.66 Å². The zero-order chi connectivity index (χ0) is 13.7. The van der Waals surface area contributed by atoms with Crippen LogP contribution in [0.3, 0.4) is 0 Å². The number of amides is 2. The molecule has 0 fully saturated rings. The molecule has 1 atom stereocenters. The SMILES string of the molecule is CC(NC(=O)c1ccc(Br)s1)C(=O)NCC(=O)O. The standard InChI is InChI=1S/C10H11BrN2O4S/c1-5(9(16)12-4-8(14)15)13-10(17)6-2-3-7(11)18-6/h2-3,5H,4H2,1H3,(H,12,16)(H,13,17)(H,14,15). The Hall–Kier alpha value is -1.41. The summed E-state index contributed by atoms with van der Waals surface area (Å²) in [5.74, 6) is -2.05. The molecule has 1 rings (SSSR count). The molecule has 1 heterocycles. The minimum absolute atomic E-state index is 0.372. The van der Waals surface area contributed by atoms with Crippen LogP contribution in [0.2, 0.25) is 0 Å². The highest BCUT2D eigenvalue weighted by molar-refractivity contribution is 9.11. The van der Waals surface area contributed by atoms with E-state index in [0.717, 1.165) is 3.79 Å². The third-order valence-corrected chi connectivity index (χ3v) is 3.57. The number of thiophene rings is 1. The second-order valence-corrected chi connectivity index (χ2v) is 5.87. The molecular weight excluding hydrogens is 324 g/mol. The first-order valence-electron chi connectivity index (χ1n) is 4.96. The van der Waals surface area contributed by atoms with Crippen LogP contribution in [-0.4, -0.2) is 35.5 Å². The van der Waals surface area contributed by atoms with E-state index in [1.165, 1.54) is 18.3 Å². The molecule has 6 nitrogen and oxygen atoms in total. The number of nitrogens with one attached hydrogen (secondary N) is 2. The zero-order valence-corrected chi connectivity index (χ0v) is 11.8. The Morgan fingerprint density at radius 1 is 1.44 bits per heavy atom. The second kappa shape index (κ2) is 6.50. The summed E-state index contributed by atoms with van der Waals surface area (Å²) in [5.41, 5.74) is 0. The van der Waals surface area contributed by atoms with Gasteiger partial charge in [-0.3, -0.25) is 14.4 Å². The van der Waals surface area contributed by atoms with E-state index in [2.05, 4.69) is 26.6 Å². The highest BCUT2D eigenvalue weighted by Gasteiger charge is 2.17. The molecule has 0 aliphatic carbocycles. The summed E-state index contributed by atoms with van der Waals surface area (Å²) >= 11 is 4.48. The van der Waals surface area contributed by atoms with Gasteiger partial charge in [-0.05, 0) is 35.0 Å². The van der Waals surface area contributed by atoms with Crippen LogP contribution in [0.4, 0.5) is 0 Å². The van der Waals surface area contributed by atoms with Crippen LogP contribution in [0.15, 0.2) is 15.9 Å². The Bertz CT molecular complexity index is 474. The first kappa shape index (κ1) is 14.7. The van der Waals surface area contributed by atoms with Crippen LogP contribution in [0.25, 0.3) is 0 Å². The maximum atomic E-state index is 11.7. The van der Waals surface area contributed by atoms with Crippen LogP contribution in [0.5, 0.6) is 0 Å². The average Bonchev–Trinajstić information content (AvgIpc) is 2.72. The van der Waals surface area contributed by atoms with Gasteiger partial charge in [0.1, 0.15) is 12.6 Å². The predicted molar refractivity (Wildman–Crippen MR) is 69.6 cm³/mol. The van der Waals surface area contributed by atoms with Crippen molar-refractivity contribution in [1.29, 1.82) is 0 Å². The molecule has 18 heavy (non-hydrogen) atoms. The van der Waals surface area contributed by atoms with Crippen LogP contribution >= 0.6 is 27.3 Å². The summed E-state index contributed by atoms with van der Waals surface area (Å²) in [5, 5.41) is 13.1. The number of hydrogen-bond donors (Lipinski definition) is 3. The summed E-state index contributed by atoms with van der Waals surface area (Å²) < 4.78 is 0.815. The fourth-order valence-corrected chi connectivity index (χ4v) is 2.37. The van der Waals surface area contributed by atoms with Gasteiger partial charge in [-0.1, -0.05) is 0 Å². The third-order valence-electron chi connectivity index (χ3n) is 1.95. The lowest BCUT2D eigenvalue weighted by Crippen LogP contribution is -2.45. The van der Waals surface area contributed by atoms with Gasteiger partial charge in [0, 0.05) is 0 Å². The minimum atomic E-state index is -1.14. The van der Waals surface area contributed by atoms with E-state index < -0.39 is 24.5 Å². The van der Waals surface area contributed by atoms with E-state index in [1.807, 2.05) is 0 Å². The van der Waals surface area contributed by atoms with Crippen molar-refractivity contribution < 1.29 is 19.5 Å². The molecule has 0 spiro atoms. The third kappa shape index (κ3) is 4.46. The van der Waals surface area contributed by atoms with E-state index in [0.29, 0.717) is 4.88 Å². The maximum Gasteiger partial charge on any atom is 0.322 e. The van der Waals surface area contributed by atoms with Crippen LogP contribution in [0.1, 0.15) is 16.6 Å². The molecule has 0 bridgehead atoms. The van der Waals surface area contributed by atoms with Crippen molar-refractivity contribution in [2.75, 3.05) is 6.54 Å². The van der Waals surface area contributed by atoms with Gasteiger partial charge in [0.2, 0.25) is 5.91 Å². The summed E-state index contributed by atoms with van der Waals surface area (Å²) in [6.45, 7) is 1.02. The van der Waals surface area contributed by atoms with Crippen LogP contribution in [0, 0.1) is 0 Å². The Labute approximate surface area is 116 Å². The first-order valence-corrected chi connectivity index (χ1v) is 6.57. The summed E-state index contributed by atoms with van der Waals surface area (Å²) in [6.07, 6.45) is 0. The molecule has 0 radical (unpaired) electrons. The van der Waals surface area contributed by atoms with E-state index in [4.69, 9.17) is 5.11 Å². The summed E-state index contributed by atoms with van der Waals surface area (Å²) in [4.78, 5) is 33.9. The lowest BCUT2D eigenvalue weighted by atomic mass is 10.3. The van der Waals surface area contributed by atoms with E-state index in [1.54, 1.807) is 12.1 Å². The Kier molecular flexibility index (Phi) is 5.29. The molecule has 1 aromatic rings. The smallest absolute Gasteiger partial charge is 0.322 e. The van der Waals surface area contributed by atoms with Gasteiger partial charge < -0.3 is 15.7 Å². The number of carboxylic acid groups (broad SMARTS) is 1. The molecule has 0 saturated carbocycles. The molecule has 1 unspecified atom stereocenters. The topological polar surface area (TPSA) is 95.5 Å². The van der Waals surface area contributed by atoms with E-state index in [-0.39, 0.29) is 5.91 Å². The molecule has 2 amide bonds. The Balaban J connectivity index is 2.49. The highest BCUT2D eigenvalue weighted by Crippen LogP contribution is 2.21. The largest absolute Gasteiger partial charge is 0.480 e. The summed E-state index contributed by atoms with van der Waals surface area (Å²) in [6, 6.07) is 2.57. The molecule has 1 aromatic heterocycles. The molecular formula is C10H11BrN2O4S. The number of carboxylic acids is 1. The minimum Gasteiger partial charge on any atom is -0.480 e. The molecule has 0 aliphatic heterocycles. The van der Waals surface area contributed by atoms with Crippen molar-refractivity contribution in [2.45, 2.75) is 13.0 Å². The van der Waals surface area contributed by atoms with Gasteiger partial charge in [-0.15, -0.1) is 11.3 Å². The van der Waals surface area contributed by atoms with Crippen molar-refractivity contribution in [3.63, 3.8) is 0 Å². The van der Waals surface area contributed by atoms with Crippen LogP contribution in [-0.2, 0) is 9.59 Å². The zero-order valence-electron chi connectivity index (χ0n) is 9.40. The van der Waals surface area contributed by atoms with Crippen molar-refractivity contribution in [2.24, 2.45) is 0 Å². The number of rotatable bonds is 5. The predicted octanol–water partition coefficient (Wildman–Crippen LogP) is 0.830. The first-order chi connectivity index (χ1) is 8.40. The lowest BCUT2D eigenvalue weighted by Gasteiger charge is -2.12. The molecule has 0 aliphatic rings. The Morgan fingerprint density at radius 3 is 2.61 bits per heavy atom. The maximum absolute atomic E-state index is 11.7. The number of carbonyl (C=O) groups is 3. The molecule has 98 valence electrons. The number of carbonyl (C=O) groups excluding carboxylic acids is 2. The number of hydrogen-bond acceptors (Lipinski definition) is 4. The quantitative estimate of drug-likeness (QED) is 0.743. The molecule has 0 saturated heterocycles. The fraction of sp³-hybridized carbons (Fsp3) is 0.300. The monoisotopic (exact) mass is 334 g/mol.